The minimum atomic E-state index is -3.66. The highest BCUT2D eigenvalue weighted by Crippen LogP contribution is 2.15. The molecule has 0 spiro atoms. The normalized spacial score (nSPS) is 11.8. The van der Waals surface area contributed by atoms with Crippen molar-refractivity contribution >= 4 is 40.0 Å². The molecule has 29 heavy (non-hydrogen) atoms. The van der Waals surface area contributed by atoms with E-state index in [1.807, 2.05) is 0 Å². The van der Waals surface area contributed by atoms with Crippen LogP contribution in [-0.4, -0.2) is 28.0 Å². The van der Waals surface area contributed by atoms with Crippen molar-refractivity contribution < 1.29 is 8.42 Å². The van der Waals surface area contributed by atoms with E-state index in [-0.39, 0.29) is 28.9 Å². The summed E-state index contributed by atoms with van der Waals surface area (Å²) in [6.07, 6.45) is 2.02. The number of benzene rings is 2. The Morgan fingerprint density at radius 1 is 1.00 bits per heavy atom. The highest BCUT2D eigenvalue weighted by atomic mass is 127. The molecule has 6 nitrogen and oxygen atoms in total. The Balaban J connectivity index is 0.00000420. The molecule has 4 N–H and O–H groups in total. The van der Waals surface area contributed by atoms with Gasteiger partial charge in [-0.05, 0) is 47.6 Å². The third-order valence-corrected chi connectivity index (χ3v) is 5.45. The molecule has 0 aliphatic heterocycles. The number of hydrogen-bond acceptors (Lipinski definition) is 3. The molecular weight excluding hydrogens is 499 g/mol. The van der Waals surface area contributed by atoms with Gasteiger partial charge in [-0.25, -0.2) is 13.6 Å². The topological polar surface area (TPSA) is 96.6 Å². The summed E-state index contributed by atoms with van der Waals surface area (Å²) in [6.45, 7) is 5.76. The van der Waals surface area contributed by atoms with Crippen molar-refractivity contribution in [2.45, 2.75) is 44.0 Å². The average molecular weight is 530 g/mol. The third-order valence-electron chi connectivity index (χ3n) is 4.52. The summed E-state index contributed by atoms with van der Waals surface area (Å²) in [5, 5.41) is 11.6. The van der Waals surface area contributed by atoms with E-state index in [0.29, 0.717) is 18.4 Å². The van der Waals surface area contributed by atoms with Crippen molar-refractivity contribution in [3.05, 3.63) is 65.2 Å². The van der Waals surface area contributed by atoms with Crippen molar-refractivity contribution in [1.82, 2.24) is 10.6 Å². The smallest absolute Gasteiger partial charge is 0.238 e. The maximum atomic E-state index is 11.3. The van der Waals surface area contributed by atoms with Crippen molar-refractivity contribution in [2.24, 2.45) is 10.1 Å². The fraction of sp³-hybridized carbons (Fsp3) is 0.381. The molecule has 8 heteroatoms. The third kappa shape index (κ3) is 8.71. The SMILES string of the molecule is CN=C(NCCCc1ccc(C(C)C)cc1)NCc1ccc(S(N)(=O)=O)cc1.I. The van der Waals surface area contributed by atoms with Gasteiger partial charge in [0.15, 0.2) is 5.96 Å². The van der Waals surface area contributed by atoms with E-state index in [0.717, 1.165) is 24.9 Å². The summed E-state index contributed by atoms with van der Waals surface area (Å²) in [5.74, 6) is 1.27. The van der Waals surface area contributed by atoms with Crippen molar-refractivity contribution in [2.75, 3.05) is 13.6 Å². The lowest BCUT2D eigenvalue weighted by Gasteiger charge is -2.12. The largest absolute Gasteiger partial charge is 0.356 e. The molecule has 0 aromatic heterocycles. The quantitative estimate of drug-likeness (QED) is 0.211. The molecule has 2 aromatic carbocycles. The second-order valence-electron chi connectivity index (χ2n) is 7.04. The summed E-state index contributed by atoms with van der Waals surface area (Å²) < 4.78 is 22.6. The van der Waals surface area contributed by atoms with Crippen LogP contribution in [0.25, 0.3) is 0 Å². The monoisotopic (exact) mass is 530 g/mol. The second-order valence-corrected chi connectivity index (χ2v) is 8.60. The van der Waals surface area contributed by atoms with Crippen LogP contribution in [0.1, 0.15) is 42.9 Å². The first kappa shape index (κ1) is 25.4. The molecule has 0 aliphatic rings. The van der Waals surface area contributed by atoms with Crippen LogP contribution in [0.3, 0.4) is 0 Å². The molecular formula is C21H31IN4O2S. The molecule has 0 unspecified atom stereocenters. The maximum Gasteiger partial charge on any atom is 0.238 e. The minimum Gasteiger partial charge on any atom is -0.356 e. The van der Waals surface area contributed by atoms with Gasteiger partial charge in [-0.1, -0.05) is 50.2 Å². The lowest BCUT2D eigenvalue weighted by atomic mass is 10.0. The number of nitrogens with two attached hydrogens (primary N) is 1. The molecule has 2 aromatic rings. The molecule has 0 saturated carbocycles. The number of aliphatic imine (C=N–C) groups is 1. The van der Waals surface area contributed by atoms with Gasteiger partial charge in [0.1, 0.15) is 0 Å². The molecule has 0 saturated heterocycles. The average Bonchev–Trinajstić information content (AvgIpc) is 2.67. The summed E-state index contributed by atoms with van der Waals surface area (Å²) in [7, 11) is -1.93. The second kappa shape index (κ2) is 12.1. The highest BCUT2D eigenvalue weighted by Gasteiger charge is 2.07. The van der Waals surface area contributed by atoms with E-state index >= 15 is 0 Å². The first-order chi connectivity index (χ1) is 13.3. The molecule has 0 amide bonds. The van der Waals surface area contributed by atoms with Crippen LogP contribution < -0.4 is 15.8 Å². The van der Waals surface area contributed by atoms with Gasteiger partial charge in [-0.2, -0.15) is 0 Å². The molecule has 0 aliphatic carbocycles. The molecule has 0 fully saturated rings. The van der Waals surface area contributed by atoms with E-state index in [4.69, 9.17) is 5.14 Å². The number of nitrogens with one attached hydrogen (secondary N) is 2. The Morgan fingerprint density at radius 3 is 2.10 bits per heavy atom. The summed E-state index contributed by atoms with van der Waals surface area (Å²) in [6, 6.07) is 15.3. The number of hydrogen-bond donors (Lipinski definition) is 3. The van der Waals surface area contributed by atoms with Gasteiger partial charge in [-0.15, -0.1) is 24.0 Å². The molecule has 0 bridgehead atoms. The molecule has 0 heterocycles. The molecule has 0 radical (unpaired) electrons. The summed E-state index contributed by atoms with van der Waals surface area (Å²) in [4.78, 5) is 4.33. The van der Waals surface area contributed by atoms with Crippen LogP contribution in [0.15, 0.2) is 58.4 Å². The van der Waals surface area contributed by atoms with Crippen LogP contribution in [0.2, 0.25) is 0 Å². The van der Waals surface area contributed by atoms with E-state index in [1.165, 1.54) is 23.3 Å². The standard InChI is InChI=1S/C21H30N4O2S.HI/c1-16(2)19-10-6-17(7-11-19)5-4-14-24-21(23-3)25-15-18-8-12-20(13-9-18)28(22,26)27;/h6-13,16H,4-5,14-15H2,1-3H3,(H2,22,26,27)(H2,23,24,25);1H. The van der Waals surface area contributed by atoms with Crippen LogP contribution in [0.5, 0.6) is 0 Å². The van der Waals surface area contributed by atoms with Gasteiger partial charge in [0.2, 0.25) is 10.0 Å². The number of rotatable bonds is 8. The van der Waals surface area contributed by atoms with Crippen LogP contribution in [0.4, 0.5) is 0 Å². The van der Waals surface area contributed by atoms with Crippen LogP contribution in [0, 0.1) is 0 Å². The molecule has 2 rings (SSSR count). The van der Waals surface area contributed by atoms with E-state index in [2.05, 4.69) is 53.7 Å². The Kier molecular flexibility index (Phi) is 10.6. The molecule has 0 atom stereocenters. The lowest BCUT2D eigenvalue weighted by Crippen LogP contribution is -2.37. The lowest BCUT2D eigenvalue weighted by molar-refractivity contribution is 0.597. The summed E-state index contributed by atoms with van der Waals surface area (Å²) in [5.41, 5.74) is 3.65. The number of primary sulfonamides is 1. The minimum absolute atomic E-state index is 0. The first-order valence-corrected chi connectivity index (χ1v) is 11.0. The van der Waals surface area contributed by atoms with Crippen molar-refractivity contribution in [3.63, 3.8) is 0 Å². The van der Waals surface area contributed by atoms with Gasteiger partial charge >= 0.3 is 0 Å². The van der Waals surface area contributed by atoms with Crippen molar-refractivity contribution in [3.8, 4) is 0 Å². The number of guanidine groups is 1. The number of sulfonamides is 1. The highest BCUT2D eigenvalue weighted by molar-refractivity contribution is 14.0. The van der Waals surface area contributed by atoms with Gasteiger partial charge in [0.05, 0.1) is 4.90 Å². The van der Waals surface area contributed by atoms with Gasteiger partial charge in [0, 0.05) is 20.1 Å². The zero-order valence-corrected chi connectivity index (χ0v) is 20.3. The number of nitrogens with zero attached hydrogens (tertiary/aromatic N) is 1. The van der Waals surface area contributed by atoms with E-state index in [1.54, 1.807) is 19.2 Å². The molecule has 160 valence electrons. The predicted octanol–water partition coefficient (Wildman–Crippen LogP) is 3.37. The Morgan fingerprint density at radius 2 is 1.59 bits per heavy atom. The van der Waals surface area contributed by atoms with Gasteiger partial charge in [0.25, 0.3) is 0 Å². The Bertz CT molecular complexity index is 880. The Labute approximate surface area is 191 Å². The fourth-order valence-corrected chi connectivity index (χ4v) is 3.29. The van der Waals surface area contributed by atoms with Gasteiger partial charge in [-0.3, -0.25) is 4.99 Å². The van der Waals surface area contributed by atoms with E-state index < -0.39 is 10.0 Å². The van der Waals surface area contributed by atoms with Gasteiger partial charge < -0.3 is 10.6 Å². The maximum absolute atomic E-state index is 11.3. The fourth-order valence-electron chi connectivity index (χ4n) is 2.77. The number of aryl methyl sites for hydroxylation is 1. The summed E-state index contributed by atoms with van der Waals surface area (Å²) >= 11 is 0. The Hall–Kier alpha value is -1.65. The first-order valence-electron chi connectivity index (χ1n) is 9.44. The zero-order chi connectivity index (χ0) is 20.6. The van der Waals surface area contributed by atoms with Crippen LogP contribution in [-0.2, 0) is 23.0 Å². The van der Waals surface area contributed by atoms with E-state index in [9.17, 15) is 8.42 Å². The number of halogens is 1. The predicted molar refractivity (Wildman–Crippen MR) is 130 cm³/mol. The van der Waals surface area contributed by atoms with Crippen molar-refractivity contribution in [1.29, 1.82) is 0 Å². The van der Waals surface area contributed by atoms with Crippen LogP contribution >= 0.6 is 24.0 Å². The zero-order valence-electron chi connectivity index (χ0n) is 17.2.